The number of hydrogen-bond donors (Lipinski definition) is 0. The number of rotatable bonds is 7. The van der Waals surface area contributed by atoms with Gasteiger partial charge in [-0.3, -0.25) is 0 Å². The Morgan fingerprint density at radius 3 is 1.76 bits per heavy atom. The first-order valence-corrected chi connectivity index (χ1v) is 11.6. The summed E-state index contributed by atoms with van der Waals surface area (Å²) in [5.41, 5.74) is 4.79. The summed E-state index contributed by atoms with van der Waals surface area (Å²) < 4.78 is 7.97. The van der Waals surface area contributed by atoms with Gasteiger partial charge in [-0.05, 0) is 41.8 Å². The lowest BCUT2D eigenvalue weighted by Gasteiger charge is -2.37. The second kappa shape index (κ2) is 9.13. The number of alkyl halides is 1. The van der Waals surface area contributed by atoms with E-state index >= 15 is 0 Å². The third-order valence-corrected chi connectivity index (χ3v) is 6.23. The molecule has 0 N–H and O–H groups in total. The van der Waals surface area contributed by atoms with Crippen LogP contribution in [0, 0.1) is 6.92 Å². The average molecular weight is 453 g/mol. The fraction of sp³-hybridized carbons (Fsp3) is 0.138. The minimum absolute atomic E-state index is 0.454. The van der Waals surface area contributed by atoms with Gasteiger partial charge in [0.25, 0.3) is 0 Å². The second-order valence-corrected chi connectivity index (χ2v) is 8.40. The number of aryl methyl sites for hydroxylation is 1. The third-order valence-electron chi connectivity index (χ3n) is 6.07. The minimum Gasteiger partial charge on any atom is -0.492 e. The van der Waals surface area contributed by atoms with Crippen molar-refractivity contribution in [2.45, 2.75) is 12.5 Å². The van der Waals surface area contributed by atoms with E-state index in [9.17, 15) is 0 Å². The largest absolute Gasteiger partial charge is 0.492 e. The van der Waals surface area contributed by atoms with Crippen LogP contribution in [0.5, 0.6) is 5.75 Å². The number of fused-ring (bicyclic) bond motifs is 1. The number of benzene rings is 4. The van der Waals surface area contributed by atoms with Gasteiger partial charge in [-0.25, -0.2) is 4.68 Å². The Morgan fingerprint density at radius 2 is 1.27 bits per heavy atom. The van der Waals surface area contributed by atoms with E-state index in [0.717, 1.165) is 39.0 Å². The summed E-state index contributed by atoms with van der Waals surface area (Å²) in [5, 5.41) is 6.21. The quantitative estimate of drug-likeness (QED) is 0.200. The smallest absolute Gasteiger partial charge is 0.138 e. The fourth-order valence-electron chi connectivity index (χ4n) is 4.65. The molecule has 0 amide bonds. The third kappa shape index (κ3) is 3.69. The highest BCUT2D eigenvalue weighted by Crippen LogP contribution is 2.43. The van der Waals surface area contributed by atoms with Gasteiger partial charge in [0, 0.05) is 5.39 Å². The van der Waals surface area contributed by atoms with Crippen LogP contribution in [0.15, 0.2) is 109 Å². The highest BCUT2D eigenvalue weighted by Gasteiger charge is 2.40. The monoisotopic (exact) mass is 452 g/mol. The Balaban J connectivity index is 1.87. The summed E-state index contributed by atoms with van der Waals surface area (Å²) in [6.45, 7) is 2.53. The summed E-state index contributed by atoms with van der Waals surface area (Å²) in [6.07, 6.45) is 0. The molecule has 0 spiro atoms. The second-order valence-electron chi connectivity index (χ2n) is 8.02. The van der Waals surface area contributed by atoms with Crippen LogP contribution in [0.2, 0.25) is 0 Å². The lowest BCUT2D eigenvalue weighted by molar-refractivity contribution is 0.343. The zero-order valence-corrected chi connectivity index (χ0v) is 19.2. The van der Waals surface area contributed by atoms with Crippen LogP contribution in [-0.4, -0.2) is 22.3 Å². The first kappa shape index (κ1) is 21.3. The van der Waals surface area contributed by atoms with Crippen LogP contribution in [0.3, 0.4) is 0 Å². The van der Waals surface area contributed by atoms with Gasteiger partial charge in [0.1, 0.15) is 17.9 Å². The molecule has 0 fully saturated rings. The molecule has 4 heteroatoms. The van der Waals surface area contributed by atoms with E-state index in [0.29, 0.717) is 12.5 Å². The van der Waals surface area contributed by atoms with Gasteiger partial charge in [-0.2, -0.15) is 5.10 Å². The van der Waals surface area contributed by atoms with E-state index in [1.807, 2.05) is 6.07 Å². The topological polar surface area (TPSA) is 27.1 Å². The molecule has 3 nitrogen and oxygen atoms in total. The number of nitrogens with zero attached hydrogens (tertiary/aromatic N) is 2. The van der Waals surface area contributed by atoms with Crippen molar-refractivity contribution >= 4 is 22.5 Å². The molecule has 0 radical (unpaired) electrons. The standard InChI is InChI=1S/C29H25ClN2O/c1-22-27-21-26(33-20-19-30)17-18-28(27)32(31-22)29(23-11-5-2-6-12-23,24-13-7-3-8-14-24)25-15-9-4-10-16-25/h2-18,21H,19-20H2,1H3. The first-order valence-electron chi connectivity index (χ1n) is 11.1. The predicted octanol–water partition coefficient (Wildman–Crippen LogP) is 6.80. The Bertz CT molecular complexity index is 1250. The van der Waals surface area contributed by atoms with Crippen molar-refractivity contribution in [3.63, 3.8) is 0 Å². The Hall–Kier alpha value is -3.56. The first-order chi connectivity index (χ1) is 16.2. The van der Waals surface area contributed by atoms with Crippen molar-refractivity contribution in [3.8, 4) is 5.75 Å². The van der Waals surface area contributed by atoms with E-state index < -0.39 is 5.54 Å². The normalized spacial score (nSPS) is 11.6. The molecular formula is C29H25ClN2O. The average Bonchev–Trinajstić information content (AvgIpc) is 3.21. The van der Waals surface area contributed by atoms with Crippen LogP contribution in [0.4, 0.5) is 0 Å². The van der Waals surface area contributed by atoms with Crippen molar-refractivity contribution < 1.29 is 4.74 Å². The molecule has 164 valence electrons. The molecular weight excluding hydrogens is 428 g/mol. The Morgan fingerprint density at radius 1 is 0.758 bits per heavy atom. The van der Waals surface area contributed by atoms with Crippen molar-refractivity contribution in [2.75, 3.05) is 12.5 Å². The molecule has 33 heavy (non-hydrogen) atoms. The Labute approximate surface area is 199 Å². The van der Waals surface area contributed by atoms with Crippen LogP contribution in [0.25, 0.3) is 10.9 Å². The molecule has 0 bridgehead atoms. The zero-order chi connectivity index (χ0) is 22.7. The summed E-state index contributed by atoms with van der Waals surface area (Å²) in [5.74, 6) is 1.26. The molecule has 1 heterocycles. The van der Waals surface area contributed by atoms with E-state index in [1.54, 1.807) is 0 Å². The molecule has 0 saturated carbocycles. The maximum absolute atomic E-state index is 5.83. The zero-order valence-electron chi connectivity index (χ0n) is 18.5. The number of ether oxygens (including phenoxy) is 1. The van der Waals surface area contributed by atoms with Crippen molar-refractivity contribution in [2.24, 2.45) is 0 Å². The Kier molecular flexibility index (Phi) is 5.89. The van der Waals surface area contributed by atoms with Crippen LogP contribution < -0.4 is 4.74 Å². The van der Waals surface area contributed by atoms with Gasteiger partial charge in [-0.1, -0.05) is 91.0 Å². The van der Waals surface area contributed by atoms with Crippen LogP contribution in [0.1, 0.15) is 22.4 Å². The van der Waals surface area contributed by atoms with Crippen molar-refractivity contribution in [1.29, 1.82) is 0 Å². The van der Waals surface area contributed by atoms with Gasteiger partial charge >= 0.3 is 0 Å². The lowest BCUT2D eigenvalue weighted by atomic mass is 9.77. The minimum atomic E-state index is -0.644. The van der Waals surface area contributed by atoms with Gasteiger partial charge in [-0.15, -0.1) is 11.6 Å². The predicted molar refractivity (Wildman–Crippen MR) is 135 cm³/mol. The molecule has 1 aromatic heterocycles. The molecule has 0 aliphatic carbocycles. The summed E-state index contributed by atoms with van der Waals surface area (Å²) in [4.78, 5) is 0. The molecule has 5 rings (SSSR count). The van der Waals surface area contributed by atoms with Crippen molar-refractivity contribution in [3.05, 3.63) is 132 Å². The molecule has 0 unspecified atom stereocenters. The van der Waals surface area contributed by atoms with E-state index in [-0.39, 0.29) is 0 Å². The summed E-state index contributed by atoms with van der Waals surface area (Å²) >= 11 is 5.83. The summed E-state index contributed by atoms with van der Waals surface area (Å²) in [7, 11) is 0. The lowest BCUT2D eigenvalue weighted by Crippen LogP contribution is -2.38. The summed E-state index contributed by atoms with van der Waals surface area (Å²) in [6, 6.07) is 37.9. The molecule has 0 aliphatic heterocycles. The molecule has 5 aromatic rings. The number of halogens is 1. The maximum Gasteiger partial charge on any atom is 0.138 e. The fourth-order valence-corrected chi connectivity index (χ4v) is 4.73. The molecule has 0 atom stereocenters. The molecule has 4 aromatic carbocycles. The maximum atomic E-state index is 5.83. The van der Waals surface area contributed by atoms with Crippen molar-refractivity contribution in [1.82, 2.24) is 9.78 Å². The highest BCUT2D eigenvalue weighted by molar-refractivity contribution is 6.18. The van der Waals surface area contributed by atoms with Gasteiger partial charge in [0.05, 0.1) is 17.1 Å². The van der Waals surface area contributed by atoms with E-state index in [2.05, 4.69) is 115 Å². The van der Waals surface area contributed by atoms with Gasteiger partial charge in [0.2, 0.25) is 0 Å². The van der Waals surface area contributed by atoms with Crippen LogP contribution >= 0.6 is 11.6 Å². The number of hydrogen-bond acceptors (Lipinski definition) is 2. The molecule has 0 aliphatic rings. The highest BCUT2D eigenvalue weighted by atomic mass is 35.5. The number of aromatic nitrogens is 2. The molecule has 0 saturated heterocycles. The van der Waals surface area contributed by atoms with E-state index in [4.69, 9.17) is 21.4 Å². The van der Waals surface area contributed by atoms with E-state index in [1.165, 1.54) is 0 Å². The van der Waals surface area contributed by atoms with Gasteiger partial charge < -0.3 is 4.74 Å². The van der Waals surface area contributed by atoms with Gasteiger partial charge in [0.15, 0.2) is 0 Å². The van der Waals surface area contributed by atoms with Crippen LogP contribution in [-0.2, 0) is 5.54 Å². The SMILES string of the molecule is Cc1nn(C(c2ccccc2)(c2ccccc2)c2ccccc2)c2ccc(OCCCl)cc12.